The molecule has 0 spiro atoms. The van der Waals surface area contributed by atoms with Crippen LogP contribution in [0.4, 0.5) is 5.69 Å². The van der Waals surface area contributed by atoms with Gasteiger partial charge in [-0.1, -0.05) is 5.16 Å². The normalized spacial score (nSPS) is 12.2. The minimum atomic E-state index is -1.25. The third-order valence-corrected chi connectivity index (χ3v) is 3.71. The van der Waals surface area contributed by atoms with E-state index in [0.29, 0.717) is 22.9 Å². The molecule has 0 bridgehead atoms. The number of nitrogens with two attached hydrogens (primary N) is 1. The predicted molar refractivity (Wildman–Crippen MR) is 95.4 cm³/mol. The summed E-state index contributed by atoms with van der Waals surface area (Å²) in [6.45, 7) is 5.42. The molecule has 0 aliphatic carbocycles. The number of methoxy groups -OCH3 is 1. The fourth-order valence-electron chi connectivity index (χ4n) is 2.48. The second-order valence-electron chi connectivity index (χ2n) is 5.49. The van der Waals surface area contributed by atoms with E-state index in [2.05, 4.69) is 10.1 Å². The van der Waals surface area contributed by atoms with E-state index >= 15 is 0 Å². The Labute approximate surface area is 151 Å². The summed E-state index contributed by atoms with van der Waals surface area (Å²) in [4.78, 5) is 27.5. The fourth-order valence-corrected chi connectivity index (χ4v) is 2.48. The molecule has 0 aliphatic rings. The van der Waals surface area contributed by atoms with E-state index in [9.17, 15) is 9.59 Å². The van der Waals surface area contributed by atoms with Crippen LogP contribution in [-0.2, 0) is 14.3 Å². The summed E-state index contributed by atoms with van der Waals surface area (Å²) in [6, 6.07) is 5.18. The van der Waals surface area contributed by atoms with E-state index in [-0.39, 0.29) is 6.61 Å². The van der Waals surface area contributed by atoms with Crippen LogP contribution in [0, 0.1) is 19.8 Å². The summed E-state index contributed by atoms with van der Waals surface area (Å²) in [5.74, 6) is -1.55. The summed E-state index contributed by atoms with van der Waals surface area (Å²) in [6.07, 6.45) is 1.18. The predicted octanol–water partition coefficient (Wildman–Crippen LogP) is 2.33. The summed E-state index contributed by atoms with van der Waals surface area (Å²) in [5, 5.41) is 3.95. The van der Waals surface area contributed by atoms with Crippen molar-refractivity contribution >= 4 is 23.8 Å². The first-order chi connectivity index (χ1) is 12.4. The number of esters is 1. The van der Waals surface area contributed by atoms with Crippen LogP contribution >= 0.6 is 0 Å². The summed E-state index contributed by atoms with van der Waals surface area (Å²) >= 11 is 0. The van der Waals surface area contributed by atoms with E-state index in [1.54, 1.807) is 39.2 Å². The molecule has 0 aliphatic heterocycles. The average Bonchev–Trinajstić information content (AvgIpc) is 2.93. The number of aryl methyl sites for hydroxylation is 2. The lowest BCUT2D eigenvalue weighted by atomic mass is 10.0. The van der Waals surface area contributed by atoms with Crippen molar-refractivity contribution in [3.05, 3.63) is 29.7 Å². The Hall–Kier alpha value is -3.16. The first kappa shape index (κ1) is 19.2. The Bertz CT molecular complexity index is 822. The highest BCUT2D eigenvalue weighted by molar-refractivity contribution is 6.10. The molecule has 1 aromatic carbocycles. The van der Waals surface area contributed by atoms with Crippen LogP contribution in [0.3, 0.4) is 0 Å². The number of aromatic nitrogens is 1. The molecule has 0 radical (unpaired) electrons. The van der Waals surface area contributed by atoms with Gasteiger partial charge in [0.2, 0.25) is 5.91 Å². The van der Waals surface area contributed by atoms with Gasteiger partial charge in [-0.3, -0.25) is 14.6 Å². The zero-order chi connectivity index (χ0) is 19.3. The first-order valence-corrected chi connectivity index (χ1v) is 8.00. The van der Waals surface area contributed by atoms with Gasteiger partial charge in [-0.25, -0.2) is 0 Å². The van der Waals surface area contributed by atoms with Gasteiger partial charge in [0.25, 0.3) is 0 Å². The highest BCUT2D eigenvalue weighted by Gasteiger charge is 2.24. The number of aliphatic imine (C=N–C) groups is 1. The Kier molecular flexibility index (Phi) is 6.11. The van der Waals surface area contributed by atoms with E-state index in [1.807, 2.05) is 6.92 Å². The highest BCUT2D eigenvalue weighted by atomic mass is 16.5. The fraction of sp³-hybridized carbons (Fsp3) is 0.333. The van der Waals surface area contributed by atoms with E-state index in [1.165, 1.54) is 6.21 Å². The molecule has 2 N–H and O–H groups in total. The average molecular weight is 359 g/mol. The van der Waals surface area contributed by atoms with Crippen molar-refractivity contribution in [2.24, 2.45) is 16.6 Å². The largest absolute Gasteiger partial charge is 0.496 e. The Morgan fingerprint density at radius 3 is 2.65 bits per heavy atom. The standard InChI is InChI=1S/C18H21N3O5/c1-5-25-18(23)14(17(19)22)9-20-12-6-7-15(24-4)13(8-12)16-10(2)21-26-11(16)3/h6-9,14H,5H2,1-4H3,(H2,19,22). The molecule has 0 saturated carbocycles. The van der Waals surface area contributed by atoms with Crippen LogP contribution in [0.25, 0.3) is 11.1 Å². The molecule has 0 fully saturated rings. The summed E-state index contributed by atoms with van der Waals surface area (Å²) in [5.41, 5.74) is 8.02. The molecule has 2 rings (SSSR count). The second kappa shape index (κ2) is 8.28. The van der Waals surface area contributed by atoms with Crippen LogP contribution in [-0.4, -0.2) is 37.0 Å². The van der Waals surface area contributed by atoms with Crippen molar-refractivity contribution in [3.8, 4) is 16.9 Å². The summed E-state index contributed by atoms with van der Waals surface area (Å²) < 4.78 is 15.4. The minimum absolute atomic E-state index is 0.148. The number of amides is 1. The molecule has 1 aromatic heterocycles. The van der Waals surface area contributed by atoms with Crippen LogP contribution in [0.15, 0.2) is 27.7 Å². The van der Waals surface area contributed by atoms with Gasteiger partial charge in [0.05, 0.1) is 30.7 Å². The number of primary amides is 1. The number of benzene rings is 1. The van der Waals surface area contributed by atoms with Crippen molar-refractivity contribution in [1.29, 1.82) is 0 Å². The number of ether oxygens (including phenoxy) is 2. The van der Waals surface area contributed by atoms with Crippen molar-refractivity contribution in [2.75, 3.05) is 13.7 Å². The molecule has 8 nitrogen and oxygen atoms in total. The molecule has 26 heavy (non-hydrogen) atoms. The van der Waals surface area contributed by atoms with Gasteiger partial charge in [-0.05, 0) is 39.0 Å². The van der Waals surface area contributed by atoms with Crippen LogP contribution in [0.1, 0.15) is 18.4 Å². The Morgan fingerprint density at radius 2 is 2.12 bits per heavy atom. The van der Waals surface area contributed by atoms with E-state index in [4.69, 9.17) is 19.7 Å². The Morgan fingerprint density at radius 1 is 1.38 bits per heavy atom. The quantitative estimate of drug-likeness (QED) is 0.461. The van der Waals surface area contributed by atoms with Crippen LogP contribution in [0.2, 0.25) is 0 Å². The zero-order valence-corrected chi connectivity index (χ0v) is 15.1. The molecule has 1 unspecified atom stereocenters. The second-order valence-corrected chi connectivity index (χ2v) is 5.49. The van der Waals surface area contributed by atoms with Gasteiger partial charge in [-0.2, -0.15) is 0 Å². The number of hydrogen-bond donors (Lipinski definition) is 1. The maximum Gasteiger partial charge on any atom is 0.324 e. The number of hydrogen-bond acceptors (Lipinski definition) is 7. The summed E-state index contributed by atoms with van der Waals surface area (Å²) in [7, 11) is 1.56. The van der Waals surface area contributed by atoms with Gasteiger partial charge < -0.3 is 19.7 Å². The lowest BCUT2D eigenvalue weighted by Crippen LogP contribution is -2.32. The van der Waals surface area contributed by atoms with Gasteiger partial charge in [0.15, 0.2) is 5.92 Å². The topological polar surface area (TPSA) is 117 Å². The number of nitrogens with zero attached hydrogens (tertiary/aromatic N) is 2. The van der Waals surface area contributed by atoms with E-state index in [0.717, 1.165) is 11.1 Å². The Balaban J connectivity index is 2.41. The van der Waals surface area contributed by atoms with E-state index < -0.39 is 17.8 Å². The van der Waals surface area contributed by atoms with Crippen LogP contribution in [0.5, 0.6) is 5.75 Å². The molecule has 1 atom stereocenters. The van der Waals surface area contributed by atoms with Crippen molar-refractivity contribution in [3.63, 3.8) is 0 Å². The van der Waals surface area contributed by atoms with Crippen molar-refractivity contribution in [2.45, 2.75) is 20.8 Å². The molecule has 138 valence electrons. The molecular formula is C18H21N3O5. The molecular weight excluding hydrogens is 338 g/mol. The highest BCUT2D eigenvalue weighted by Crippen LogP contribution is 2.37. The van der Waals surface area contributed by atoms with Crippen molar-refractivity contribution in [1.82, 2.24) is 5.16 Å². The molecule has 0 saturated heterocycles. The van der Waals surface area contributed by atoms with Crippen molar-refractivity contribution < 1.29 is 23.6 Å². The monoisotopic (exact) mass is 359 g/mol. The van der Waals surface area contributed by atoms with Crippen LogP contribution < -0.4 is 10.5 Å². The van der Waals surface area contributed by atoms with Gasteiger partial charge in [0, 0.05) is 11.8 Å². The van der Waals surface area contributed by atoms with Gasteiger partial charge in [-0.15, -0.1) is 0 Å². The molecule has 1 amide bonds. The molecule has 8 heteroatoms. The lowest BCUT2D eigenvalue weighted by Gasteiger charge is -2.10. The maximum absolute atomic E-state index is 11.8. The number of carbonyl (C=O) groups excluding carboxylic acids is 2. The van der Waals surface area contributed by atoms with Gasteiger partial charge in [0.1, 0.15) is 11.5 Å². The van der Waals surface area contributed by atoms with Gasteiger partial charge >= 0.3 is 5.97 Å². The lowest BCUT2D eigenvalue weighted by molar-refractivity contribution is -0.148. The molecule has 1 heterocycles. The molecule has 2 aromatic rings. The maximum atomic E-state index is 11.8. The first-order valence-electron chi connectivity index (χ1n) is 8.00. The third kappa shape index (κ3) is 4.08. The minimum Gasteiger partial charge on any atom is -0.496 e. The SMILES string of the molecule is CCOC(=O)C(C=Nc1ccc(OC)c(-c2c(C)noc2C)c1)C(N)=O. The number of carbonyl (C=O) groups is 2. The number of rotatable bonds is 7. The third-order valence-electron chi connectivity index (χ3n) is 3.71. The smallest absolute Gasteiger partial charge is 0.324 e. The zero-order valence-electron chi connectivity index (χ0n) is 15.1.